The summed E-state index contributed by atoms with van der Waals surface area (Å²) in [5.41, 5.74) is 0. The molecule has 0 aromatic heterocycles. The zero-order valence-electron chi connectivity index (χ0n) is 15.5. The van der Waals surface area contributed by atoms with E-state index in [1.54, 1.807) is 0 Å². The molecule has 4 aromatic carbocycles. The number of hydrogen-bond donors (Lipinski definition) is 0. The number of benzene rings is 4. The summed E-state index contributed by atoms with van der Waals surface area (Å²) in [5, 5.41) is 0. The SMILES string of the molecule is [Cl-].[Cl-].c1ccc(Oc2cccc[c]2[Zr+2][c]2ccccc2Oc2ccccc2)cc1. The second-order valence-electron chi connectivity index (χ2n) is 5.95. The maximum atomic E-state index is 6.14. The number of ether oxygens (including phenoxy) is 2. The van der Waals surface area contributed by atoms with Crippen LogP contribution in [0.25, 0.3) is 0 Å². The molecule has 0 unspecified atom stereocenters. The van der Waals surface area contributed by atoms with Crippen LogP contribution >= 0.6 is 0 Å². The van der Waals surface area contributed by atoms with E-state index in [1.165, 1.54) is 6.54 Å². The minimum absolute atomic E-state index is 0. The average Bonchev–Trinajstić information content (AvgIpc) is 2.72. The Morgan fingerprint density at radius 1 is 0.414 bits per heavy atom. The number of halogens is 2. The third-order valence-corrected chi connectivity index (χ3v) is 7.34. The monoisotopic (exact) mass is 498 g/mol. The van der Waals surface area contributed by atoms with Gasteiger partial charge < -0.3 is 24.8 Å². The summed E-state index contributed by atoms with van der Waals surface area (Å²) in [5.74, 6) is 3.59. The molecule has 0 amide bonds. The van der Waals surface area contributed by atoms with Gasteiger partial charge in [-0.05, 0) is 0 Å². The standard InChI is InChI=1S/2C12H9O.2ClH.Zr/c2*1-3-7-11(8-4-1)13-12-9-5-2-6-10-12;;;/h2*1-9H;2*1H;/q;;;;+2/p-2. The predicted molar refractivity (Wildman–Crippen MR) is 105 cm³/mol. The molecular weight excluding hydrogens is 482 g/mol. The molecule has 0 fully saturated rings. The van der Waals surface area contributed by atoms with Gasteiger partial charge in [0.25, 0.3) is 0 Å². The Balaban J connectivity index is 0.00000150. The minimum atomic E-state index is -1.11. The normalized spacial score (nSPS) is 9.38. The van der Waals surface area contributed by atoms with Gasteiger partial charge >= 0.3 is 171 Å². The summed E-state index contributed by atoms with van der Waals surface area (Å²) in [4.78, 5) is 0. The van der Waals surface area contributed by atoms with Crippen LogP contribution in [-0.4, -0.2) is 0 Å². The summed E-state index contributed by atoms with van der Waals surface area (Å²) in [6, 6.07) is 36.5. The number of rotatable bonds is 6. The van der Waals surface area contributed by atoms with E-state index in [9.17, 15) is 0 Å². The zero-order chi connectivity index (χ0) is 18.3. The molecule has 0 aliphatic heterocycles. The number of para-hydroxylation sites is 4. The Hall–Kier alpha value is -2.06. The molecule has 0 atom stereocenters. The Morgan fingerprint density at radius 3 is 1.17 bits per heavy atom. The van der Waals surface area contributed by atoms with Crippen LogP contribution in [0.15, 0.2) is 109 Å². The van der Waals surface area contributed by atoms with Crippen LogP contribution in [0.4, 0.5) is 0 Å². The molecule has 0 saturated heterocycles. The molecule has 0 heterocycles. The van der Waals surface area contributed by atoms with Crippen molar-refractivity contribution in [1.82, 2.24) is 0 Å². The molecule has 0 bridgehead atoms. The molecular formula is C24H18Cl2O2Zr. The fourth-order valence-corrected chi connectivity index (χ4v) is 5.56. The average molecular weight is 501 g/mol. The second kappa shape index (κ2) is 11.8. The van der Waals surface area contributed by atoms with E-state index < -0.39 is 23.2 Å². The Labute approximate surface area is 195 Å². The van der Waals surface area contributed by atoms with Crippen molar-refractivity contribution in [3.63, 3.8) is 0 Å². The first kappa shape index (κ1) is 23.2. The van der Waals surface area contributed by atoms with Gasteiger partial charge in [-0.25, -0.2) is 0 Å². The molecule has 0 N–H and O–H groups in total. The van der Waals surface area contributed by atoms with Crippen LogP contribution in [0.5, 0.6) is 23.0 Å². The topological polar surface area (TPSA) is 18.5 Å². The Morgan fingerprint density at radius 2 is 0.759 bits per heavy atom. The van der Waals surface area contributed by atoms with Crippen molar-refractivity contribution in [1.29, 1.82) is 0 Å². The van der Waals surface area contributed by atoms with Crippen molar-refractivity contribution >= 4 is 6.54 Å². The molecule has 4 aromatic rings. The summed E-state index contributed by atoms with van der Waals surface area (Å²) < 4.78 is 14.9. The van der Waals surface area contributed by atoms with Gasteiger partial charge in [-0.15, -0.1) is 0 Å². The van der Waals surface area contributed by atoms with E-state index in [2.05, 4.69) is 24.3 Å². The maximum absolute atomic E-state index is 6.14. The first-order valence-electron chi connectivity index (χ1n) is 8.79. The molecule has 0 spiro atoms. The fourth-order valence-electron chi connectivity index (χ4n) is 2.69. The van der Waals surface area contributed by atoms with E-state index in [4.69, 9.17) is 9.47 Å². The third kappa shape index (κ3) is 6.47. The van der Waals surface area contributed by atoms with E-state index in [0.29, 0.717) is 0 Å². The van der Waals surface area contributed by atoms with Crippen molar-refractivity contribution in [3.05, 3.63) is 109 Å². The van der Waals surface area contributed by atoms with Gasteiger partial charge in [-0.2, -0.15) is 0 Å². The second-order valence-corrected chi connectivity index (χ2v) is 9.21. The summed E-state index contributed by atoms with van der Waals surface area (Å²) in [6.45, 7) is 0. The molecule has 4 rings (SSSR count). The van der Waals surface area contributed by atoms with Gasteiger partial charge in [0.1, 0.15) is 0 Å². The molecule has 0 saturated carbocycles. The Kier molecular flexibility index (Phi) is 9.47. The van der Waals surface area contributed by atoms with Gasteiger partial charge in [0.2, 0.25) is 0 Å². The van der Waals surface area contributed by atoms with Crippen molar-refractivity contribution in [2.45, 2.75) is 0 Å². The zero-order valence-corrected chi connectivity index (χ0v) is 19.4. The van der Waals surface area contributed by atoms with Crippen LogP contribution in [0, 0.1) is 0 Å². The van der Waals surface area contributed by atoms with E-state index >= 15 is 0 Å². The third-order valence-electron chi connectivity index (χ3n) is 3.99. The van der Waals surface area contributed by atoms with Crippen LogP contribution in [0.3, 0.4) is 0 Å². The molecule has 2 nitrogen and oxygen atoms in total. The first-order valence-corrected chi connectivity index (χ1v) is 11.3. The first-order chi connectivity index (χ1) is 13.4. The van der Waals surface area contributed by atoms with E-state index in [0.717, 1.165) is 23.0 Å². The van der Waals surface area contributed by atoms with E-state index in [-0.39, 0.29) is 24.8 Å². The van der Waals surface area contributed by atoms with Crippen molar-refractivity contribution in [3.8, 4) is 23.0 Å². The van der Waals surface area contributed by atoms with Gasteiger partial charge in [-0.3, -0.25) is 0 Å². The van der Waals surface area contributed by atoms with Gasteiger partial charge in [0.05, 0.1) is 0 Å². The quantitative estimate of drug-likeness (QED) is 0.349. The summed E-state index contributed by atoms with van der Waals surface area (Å²) in [7, 11) is 0. The van der Waals surface area contributed by atoms with Gasteiger partial charge in [-0.1, -0.05) is 0 Å². The molecule has 0 aliphatic carbocycles. The van der Waals surface area contributed by atoms with Gasteiger partial charge in [0, 0.05) is 0 Å². The van der Waals surface area contributed by atoms with Crippen molar-refractivity contribution in [2.24, 2.45) is 0 Å². The summed E-state index contributed by atoms with van der Waals surface area (Å²) in [6.07, 6.45) is 0. The van der Waals surface area contributed by atoms with Gasteiger partial charge in [0.15, 0.2) is 0 Å². The Bertz CT molecular complexity index is 928. The predicted octanol–water partition coefficient (Wildman–Crippen LogP) is -0.687. The van der Waals surface area contributed by atoms with Crippen LogP contribution in [0.2, 0.25) is 0 Å². The van der Waals surface area contributed by atoms with Crippen molar-refractivity contribution < 1.29 is 57.5 Å². The van der Waals surface area contributed by atoms with Crippen LogP contribution in [0.1, 0.15) is 0 Å². The van der Waals surface area contributed by atoms with Crippen molar-refractivity contribution in [2.75, 3.05) is 0 Å². The fraction of sp³-hybridized carbons (Fsp3) is 0. The molecule has 29 heavy (non-hydrogen) atoms. The van der Waals surface area contributed by atoms with Crippen LogP contribution < -0.4 is 40.8 Å². The number of hydrogen-bond acceptors (Lipinski definition) is 2. The summed E-state index contributed by atoms with van der Waals surface area (Å²) >= 11 is -1.11. The van der Waals surface area contributed by atoms with Crippen LogP contribution in [-0.2, 0) is 23.2 Å². The molecule has 5 heteroatoms. The molecule has 0 radical (unpaired) electrons. The molecule has 144 valence electrons. The van der Waals surface area contributed by atoms with E-state index in [1.807, 2.05) is 84.9 Å². The molecule has 0 aliphatic rings.